The number of rotatable bonds is 9. The quantitative estimate of drug-likeness (QED) is 0.436. The van der Waals surface area contributed by atoms with Crippen LogP contribution >= 0.6 is 23.8 Å². The molecule has 0 aliphatic carbocycles. The lowest BCUT2D eigenvalue weighted by molar-refractivity contribution is 0.264. The van der Waals surface area contributed by atoms with E-state index in [2.05, 4.69) is 11.9 Å². The number of ether oxygens (including phenoxy) is 2. The number of benzene rings is 1. The van der Waals surface area contributed by atoms with Gasteiger partial charge in [-0.05, 0) is 42.9 Å². The number of halogens is 1. The second-order valence-corrected chi connectivity index (χ2v) is 6.23. The lowest BCUT2D eigenvalue weighted by Crippen LogP contribution is -2.13. The van der Waals surface area contributed by atoms with Crippen LogP contribution in [0.4, 0.5) is 0 Å². The lowest BCUT2D eigenvalue weighted by Gasteiger charge is -2.11. The van der Waals surface area contributed by atoms with Crippen molar-refractivity contribution in [2.75, 3.05) is 13.2 Å². The summed E-state index contributed by atoms with van der Waals surface area (Å²) in [7, 11) is 0. The van der Waals surface area contributed by atoms with Crippen LogP contribution in [0.3, 0.4) is 0 Å². The fourth-order valence-electron chi connectivity index (χ4n) is 2.30. The first kappa shape index (κ1) is 18.0. The Kier molecular flexibility index (Phi) is 7.56. The summed E-state index contributed by atoms with van der Waals surface area (Å²) in [4.78, 5) is 4.33. The molecule has 0 aliphatic rings. The number of pyridine rings is 1. The van der Waals surface area contributed by atoms with E-state index in [0.29, 0.717) is 22.4 Å². The molecule has 0 aliphatic heterocycles. The summed E-state index contributed by atoms with van der Waals surface area (Å²) >= 11 is 11.4. The van der Waals surface area contributed by atoms with E-state index in [4.69, 9.17) is 33.3 Å². The van der Waals surface area contributed by atoms with Crippen LogP contribution in [-0.2, 0) is 4.74 Å². The van der Waals surface area contributed by atoms with E-state index in [-0.39, 0.29) is 6.61 Å². The van der Waals surface area contributed by atoms with Crippen LogP contribution in [0, 0.1) is 0 Å². The molecule has 0 saturated carbocycles. The SMILES string of the molecule is CCCCCCCOC(=S)COc1ccc(Cl)c2cccnc12. The average Bonchev–Trinajstić information content (AvgIpc) is 2.58. The van der Waals surface area contributed by atoms with Crippen molar-refractivity contribution >= 4 is 39.8 Å². The molecule has 0 saturated heterocycles. The third-order valence-electron chi connectivity index (χ3n) is 3.54. The van der Waals surface area contributed by atoms with Crippen LogP contribution in [0.2, 0.25) is 5.02 Å². The summed E-state index contributed by atoms with van der Waals surface area (Å²) in [6.07, 6.45) is 7.72. The standard InChI is InChI=1S/C18H22ClNO2S/c1-2-3-4-5-6-12-21-17(23)13-22-16-10-9-15(19)14-8-7-11-20-18(14)16/h7-11H,2-6,12-13H2,1H3. The van der Waals surface area contributed by atoms with Gasteiger partial charge in [0.1, 0.15) is 11.3 Å². The molecule has 2 aromatic rings. The molecule has 0 amide bonds. The maximum Gasteiger partial charge on any atom is 0.197 e. The van der Waals surface area contributed by atoms with Crippen molar-refractivity contribution in [2.24, 2.45) is 0 Å². The molecule has 0 fully saturated rings. The molecule has 3 nitrogen and oxygen atoms in total. The normalized spacial score (nSPS) is 10.7. The van der Waals surface area contributed by atoms with Crippen LogP contribution < -0.4 is 4.74 Å². The summed E-state index contributed by atoms with van der Waals surface area (Å²) in [6.45, 7) is 3.11. The van der Waals surface area contributed by atoms with Crippen LogP contribution in [0.15, 0.2) is 30.5 Å². The highest BCUT2D eigenvalue weighted by Gasteiger charge is 2.08. The van der Waals surface area contributed by atoms with Gasteiger partial charge in [0.15, 0.2) is 11.7 Å². The largest absolute Gasteiger partial charge is 0.484 e. The van der Waals surface area contributed by atoms with Crippen LogP contribution in [0.5, 0.6) is 5.75 Å². The van der Waals surface area contributed by atoms with E-state index in [1.54, 1.807) is 12.3 Å². The van der Waals surface area contributed by atoms with Gasteiger partial charge in [-0.3, -0.25) is 4.98 Å². The lowest BCUT2D eigenvalue weighted by atomic mass is 10.2. The summed E-state index contributed by atoms with van der Waals surface area (Å²) in [5.74, 6) is 0.666. The second-order valence-electron chi connectivity index (χ2n) is 5.37. The Balaban J connectivity index is 1.80. The van der Waals surface area contributed by atoms with Crippen molar-refractivity contribution in [1.82, 2.24) is 4.98 Å². The Bertz CT molecular complexity index is 648. The summed E-state index contributed by atoms with van der Waals surface area (Å²) in [5.41, 5.74) is 0.738. The van der Waals surface area contributed by atoms with Crippen molar-refractivity contribution in [3.05, 3.63) is 35.5 Å². The number of hydrogen-bond acceptors (Lipinski definition) is 4. The topological polar surface area (TPSA) is 31.4 Å². The molecule has 0 radical (unpaired) electrons. The average molecular weight is 352 g/mol. The number of nitrogens with zero attached hydrogens (tertiary/aromatic N) is 1. The molecule has 5 heteroatoms. The first-order valence-electron chi connectivity index (χ1n) is 8.04. The molecule has 0 bridgehead atoms. The van der Waals surface area contributed by atoms with Gasteiger partial charge in [0.05, 0.1) is 11.6 Å². The van der Waals surface area contributed by atoms with Crippen molar-refractivity contribution in [2.45, 2.75) is 39.0 Å². The fourth-order valence-corrected chi connectivity index (χ4v) is 2.66. The summed E-state index contributed by atoms with van der Waals surface area (Å²) in [6, 6.07) is 7.39. The first-order chi connectivity index (χ1) is 11.2. The molecule has 1 aromatic carbocycles. The van der Waals surface area contributed by atoms with E-state index >= 15 is 0 Å². The van der Waals surface area contributed by atoms with Gasteiger partial charge in [0, 0.05) is 11.6 Å². The number of unbranched alkanes of at least 4 members (excludes halogenated alkanes) is 4. The summed E-state index contributed by atoms with van der Waals surface area (Å²) < 4.78 is 11.3. The zero-order chi connectivity index (χ0) is 16.5. The fraction of sp³-hybridized carbons (Fsp3) is 0.444. The Morgan fingerprint density at radius 2 is 2.00 bits per heavy atom. The number of fused-ring (bicyclic) bond motifs is 1. The van der Waals surface area contributed by atoms with E-state index < -0.39 is 0 Å². The number of aromatic nitrogens is 1. The first-order valence-corrected chi connectivity index (χ1v) is 8.82. The molecule has 0 unspecified atom stereocenters. The Hall–Kier alpha value is -1.39. The molecule has 1 aromatic heterocycles. The van der Waals surface area contributed by atoms with Gasteiger partial charge in [-0.25, -0.2) is 0 Å². The second kappa shape index (κ2) is 9.68. The third-order valence-corrected chi connectivity index (χ3v) is 4.10. The monoisotopic (exact) mass is 351 g/mol. The Morgan fingerprint density at radius 3 is 2.83 bits per heavy atom. The number of hydrogen-bond donors (Lipinski definition) is 0. The molecular weight excluding hydrogens is 330 g/mol. The van der Waals surface area contributed by atoms with Crippen molar-refractivity contribution < 1.29 is 9.47 Å². The molecule has 0 N–H and O–H groups in total. The van der Waals surface area contributed by atoms with E-state index in [9.17, 15) is 0 Å². The van der Waals surface area contributed by atoms with Crippen molar-refractivity contribution in [3.8, 4) is 5.75 Å². The highest BCUT2D eigenvalue weighted by Crippen LogP contribution is 2.29. The minimum atomic E-state index is 0.248. The van der Waals surface area contributed by atoms with Gasteiger partial charge in [0.2, 0.25) is 0 Å². The van der Waals surface area contributed by atoms with Crippen molar-refractivity contribution in [3.63, 3.8) is 0 Å². The maximum atomic E-state index is 6.17. The van der Waals surface area contributed by atoms with Gasteiger partial charge in [-0.1, -0.05) is 44.2 Å². The van der Waals surface area contributed by atoms with Crippen molar-refractivity contribution in [1.29, 1.82) is 0 Å². The van der Waals surface area contributed by atoms with Crippen LogP contribution in [0.1, 0.15) is 39.0 Å². The molecule has 0 spiro atoms. The van der Waals surface area contributed by atoms with Crippen LogP contribution in [0.25, 0.3) is 10.9 Å². The van der Waals surface area contributed by atoms with E-state index in [0.717, 1.165) is 17.3 Å². The predicted molar refractivity (Wildman–Crippen MR) is 99.6 cm³/mol. The predicted octanol–water partition coefficient (Wildman–Crippen LogP) is 5.58. The van der Waals surface area contributed by atoms with Gasteiger partial charge >= 0.3 is 0 Å². The Morgan fingerprint density at radius 1 is 1.17 bits per heavy atom. The summed E-state index contributed by atoms with van der Waals surface area (Å²) in [5, 5.41) is 2.00. The molecule has 0 atom stereocenters. The van der Waals surface area contributed by atoms with Gasteiger partial charge < -0.3 is 9.47 Å². The van der Waals surface area contributed by atoms with Crippen LogP contribution in [-0.4, -0.2) is 23.2 Å². The molecule has 2 rings (SSSR count). The molecular formula is C18H22ClNO2S. The van der Waals surface area contributed by atoms with E-state index in [1.165, 1.54) is 25.7 Å². The van der Waals surface area contributed by atoms with E-state index in [1.807, 2.05) is 18.2 Å². The minimum absolute atomic E-state index is 0.248. The Labute approximate surface area is 148 Å². The minimum Gasteiger partial charge on any atom is -0.484 e. The zero-order valence-corrected chi connectivity index (χ0v) is 15.0. The van der Waals surface area contributed by atoms with Gasteiger partial charge in [-0.15, -0.1) is 0 Å². The maximum absolute atomic E-state index is 6.17. The van der Waals surface area contributed by atoms with Gasteiger partial charge in [0.25, 0.3) is 0 Å². The smallest absolute Gasteiger partial charge is 0.197 e. The zero-order valence-electron chi connectivity index (χ0n) is 13.4. The van der Waals surface area contributed by atoms with Gasteiger partial charge in [-0.2, -0.15) is 0 Å². The molecule has 124 valence electrons. The molecule has 23 heavy (non-hydrogen) atoms. The molecule has 1 heterocycles. The number of thiocarbonyl (C=S) groups is 1. The third kappa shape index (κ3) is 5.63. The highest BCUT2D eigenvalue weighted by atomic mass is 35.5. The highest BCUT2D eigenvalue weighted by molar-refractivity contribution is 7.80.